The van der Waals surface area contributed by atoms with Crippen molar-refractivity contribution in [3.63, 3.8) is 0 Å². The Morgan fingerprint density at radius 1 is 1.35 bits per heavy atom. The zero-order valence-electron chi connectivity index (χ0n) is 13.1. The summed E-state index contributed by atoms with van der Waals surface area (Å²) in [7, 11) is 0. The molecular weight excluding hydrogens is 310 g/mol. The van der Waals surface area contributed by atoms with Gasteiger partial charge in [-0.1, -0.05) is 19.3 Å². The van der Waals surface area contributed by atoms with E-state index in [1.165, 1.54) is 31.0 Å². The quantitative estimate of drug-likeness (QED) is 0.790. The van der Waals surface area contributed by atoms with Gasteiger partial charge in [0.05, 0.1) is 11.4 Å². The van der Waals surface area contributed by atoms with Crippen LogP contribution >= 0.6 is 11.8 Å². The van der Waals surface area contributed by atoms with Crippen LogP contribution in [0.5, 0.6) is 0 Å². The summed E-state index contributed by atoms with van der Waals surface area (Å²) >= 11 is 1.49. The molecule has 1 atom stereocenters. The van der Waals surface area contributed by atoms with Crippen molar-refractivity contribution in [2.24, 2.45) is 11.7 Å². The molecule has 6 heteroatoms. The number of carbonyl (C=O) groups is 2. The predicted molar refractivity (Wildman–Crippen MR) is 92.7 cm³/mol. The van der Waals surface area contributed by atoms with Gasteiger partial charge in [0.1, 0.15) is 0 Å². The van der Waals surface area contributed by atoms with Crippen molar-refractivity contribution < 1.29 is 9.59 Å². The molecular formula is C17H23N3O2S. The van der Waals surface area contributed by atoms with Crippen LogP contribution in [-0.4, -0.2) is 30.2 Å². The van der Waals surface area contributed by atoms with Crippen molar-refractivity contribution in [3.8, 4) is 0 Å². The number of rotatable bonds is 4. The third-order valence-corrected chi connectivity index (χ3v) is 5.74. The second-order valence-corrected chi connectivity index (χ2v) is 7.28. The molecule has 1 aliphatic carbocycles. The Hall–Kier alpha value is -1.53. The van der Waals surface area contributed by atoms with Crippen LogP contribution in [-0.2, 0) is 4.79 Å². The van der Waals surface area contributed by atoms with Gasteiger partial charge in [-0.3, -0.25) is 9.59 Å². The van der Waals surface area contributed by atoms with Crippen molar-refractivity contribution >= 4 is 29.3 Å². The minimum Gasteiger partial charge on any atom is -0.348 e. The lowest BCUT2D eigenvalue weighted by molar-refractivity contribution is -0.113. The summed E-state index contributed by atoms with van der Waals surface area (Å²) in [6.07, 6.45) is 6.00. The maximum Gasteiger partial charge on any atom is 0.251 e. The van der Waals surface area contributed by atoms with E-state index >= 15 is 0 Å². The largest absolute Gasteiger partial charge is 0.348 e. The van der Waals surface area contributed by atoms with E-state index in [4.69, 9.17) is 5.73 Å². The van der Waals surface area contributed by atoms with Gasteiger partial charge >= 0.3 is 0 Å². The van der Waals surface area contributed by atoms with Gasteiger partial charge in [-0.25, -0.2) is 0 Å². The molecule has 1 fully saturated rings. The number of anilines is 1. The molecule has 1 saturated carbocycles. The van der Waals surface area contributed by atoms with Gasteiger partial charge in [-0.2, -0.15) is 0 Å². The van der Waals surface area contributed by atoms with Crippen LogP contribution < -0.4 is 16.4 Å². The summed E-state index contributed by atoms with van der Waals surface area (Å²) < 4.78 is 0. The van der Waals surface area contributed by atoms with E-state index in [9.17, 15) is 9.59 Å². The number of nitrogens with two attached hydrogens (primary N) is 1. The number of thioether (sulfide) groups is 1. The Morgan fingerprint density at radius 2 is 2.13 bits per heavy atom. The van der Waals surface area contributed by atoms with Crippen molar-refractivity contribution in [2.75, 3.05) is 17.6 Å². The summed E-state index contributed by atoms with van der Waals surface area (Å²) in [5, 5.41) is 5.91. The monoisotopic (exact) mass is 333 g/mol. The molecule has 5 nitrogen and oxygen atoms in total. The van der Waals surface area contributed by atoms with Crippen molar-refractivity contribution in [1.82, 2.24) is 5.32 Å². The van der Waals surface area contributed by atoms with E-state index in [-0.39, 0.29) is 17.9 Å². The fourth-order valence-electron chi connectivity index (χ4n) is 3.38. The first kappa shape index (κ1) is 16.3. The highest BCUT2D eigenvalue weighted by Gasteiger charge is 2.25. The average molecular weight is 333 g/mol. The molecule has 0 aromatic heterocycles. The Morgan fingerprint density at radius 3 is 2.87 bits per heavy atom. The Bertz CT molecular complexity index is 600. The fraction of sp³-hybridized carbons (Fsp3) is 0.529. The van der Waals surface area contributed by atoms with E-state index in [1.807, 2.05) is 12.1 Å². The van der Waals surface area contributed by atoms with Gasteiger partial charge in [-0.05, 0) is 37.0 Å². The molecule has 2 aliphatic rings. The van der Waals surface area contributed by atoms with E-state index < -0.39 is 0 Å². The Labute approximate surface area is 140 Å². The number of benzene rings is 1. The van der Waals surface area contributed by atoms with Crippen LogP contribution in [0.4, 0.5) is 5.69 Å². The van der Waals surface area contributed by atoms with E-state index in [1.54, 1.807) is 6.07 Å². The zero-order valence-corrected chi connectivity index (χ0v) is 14.0. The maximum atomic E-state index is 12.5. The van der Waals surface area contributed by atoms with Crippen molar-refractivity contribution in [2.45, 2.75) is 43.0 Å². The van der Waals surface area contributed by atoms with Crippen LogP contribution in [0, 0.1) is 5.92 Å². The number of carbonyl (C=O) groups excluding carboxylic acids is 2. The summed E-state index contributed by atoms with van der Waals surface area (Å²) in [4.78, 5) is 25.0. The van der Waals surface area contributed by atoms with Crippen LogP contribution in [0.2, 0.25) is 0 Å². The topological polar surface area (TPSA) is 84.2 Å². The van der Waals surface area contributed by atoms with Crippen LogP contribution in [0.25, 0.3) is 0 Å². The lowest BCUT2D eigenvalue weighted by Gasteiger charge is -2.30. The van der Waals surface area contributed by atoms with E-state index in [2.05, 4.69) is 10.6 Å². The van der Waals surface area contributed by atoms with E-state index in [0.29, 0.717) is 23.8 Å². The molecule has 1 unspecified atom stereocenters. The molecule has 4 N–H and O–H groups in total. The van der Waals surface area contributed by atoms with Gasteiger partial charge in [0, 0.05) is 23.0 Å². The molecule has 0 radical (unpaired) electrons. The molecule has 0 bridgehead atoms. The lowest BCUT2D eigenvalue weighted by Crippen LogP contribution is -2.45. The zero-order chi connectivity index (χ0) is 16.2. The molecule has 1 aromatic carbocycles. The van der Waals surface area contributed by atoms with E-state index in [0.717, 1.165) is 23.4 Å². The summed E-state index contributed by atoms with van der Waals surface area (Å²) in [6.45, 7) is 0.466. The average Bonchev–Trinajstić information content (AvgIpc) is 2.59. The Balaban J connectivity index is 1.69. The molecule has 1 heterocycles. The number of hydrogen-bond donors (Lipinski definition) is 3. The van der Waals surface area contributed by atoms with Gasteiger partial charge in [0.2, 0.25) is 5.91 Å². The van der Waals surface area contributed by atoms with Gasteiger partial charge < -0.3 is 16.4 Å². The molecule has 124 valence electrons. The minimum absolute atomic E-state index is 0.0258. The van der Waals surface area contributed by atoms with Gasteiger partial charge in [-0.15, -0.1) is 11.8 Å². The molecule has 1 aromatic rings. The first-order chi connectivity index (χ1) is 11.2. The SMILES string of the molecule is NCC(NC(=O)c1ccc2c(c1)NC(=O)CS2)C1CCCCC1. The molecule has 0 saturated heterocycles. The smallest absolute Gasteiger partial charge is 0.251 e. The van der Waals surface area contributed by atoms with Gasteiger partial charge in [0.25, 0.3) is 5.91 Å². The van der Waals surface area contributed by atoms with Crippen LogP contribution in [0.1, 0.15) is 42.5 Å². The van der Waals surface area contributed by atoms with Crippen LogP contribution in [0.15, 0.2) is 23.1 Å². The highest BCUT2D eigenvalue weighted by molar-refractivity contribution is 8.00. The third-order valence-electron chi connectivity index (χ3n) is 4.66. The van der Waals surface area contributed by atoms with Gasteiger partial charge in [0.15, 0.2) is 0 Å². The number of amides is 2. The standard InChI is InChI=1S/C17H23N3O2S/c18-9-14(11-4-2-1-3-5-11)20-17(22)12-6-7-15-13(8-12)19-16(21)10-23-15/h6-8,11,14H,1-5,9-10,18H2,(H,19,21)(H,20,22). The Kier molecular flexibility index (Phi) is 5.23. The third kappa shape index (κ3) is 3.87. The van der Waals surface area contributed by atoms with Crippen LogP contribution in [0.3, 0.4) is 0 Å². The first-order valence-electron chi connectivity index (χ1n) is 8.25. The summed E-state index contributed by atoms with van der Waals surface area (Å²) in [5.41, 5.74) is 7.18. The highest BCUT2D eigenvalue weighted by Crippen LogP contribution is 2.32. The molecule has 0 spiro atoms. The highest BCUT2D eigenvalue weighted by atomic mass is 32.2. The molecule has 3 rings (SSSR count). The number of fused-ring (bicyclic) bond motifs is 1. The lowest BCUT2D eigenvalue weighted by atomic mass is 9.84. The number of hydrogen-bond acceptors (Lipinski definition) is 4. The minimum atomic E-state index is -0.112. The molecule has 23 heavy (non-hydrogen) atoms. The summed E-state index contributed by atoms with van der Waals surface area (Å²) in [5.74, 6) is 0.765. The molecule has 1 aliphatic heterocycles. The maximum absolute atomic E-state index is 12.5. The first-order valence-corrected chi connectivity index (χ1v) is 9.23. The molecule has 2 amide bonds. The predicted octanol–water partition coefficient (Wildman–Crippen LogP) is 2.37. The fourth-order valence-corrected chi connectivity index (χ4v) is 4.17. The summed E-state index contributed by atoms with van der Waals surface area (Å²) in [6, 6.07) is 5.49. The normalized spacial score (nSPS) is 19.6. The number of nitrogens with one attached hydrogen (secondary N) is 2. The van der Waals surface area contributed by atoms with Crippen molar-refractivity contribution in [1.29, 1.82) is 0 Å². The second kappa shape index (κ2) is 7.36. The van der Waals surface area contributed by atoms with Crippen molar-refractivity contribution in [3.05, 3.63) is 23.8 Å². The second-order valence-electron chi connectivity index (χ2n) is 6.26.